The number of hydrogen-bond acceptors (Lipinski definition) is 3. The zero-order valence-electron chi connectivity index (χ0n) is 13.1. The number of rotatable bonds is 2. The average Bonchev–Trinajstić information content (AvgIpc) is 2.85. The van der Waals surface area contributed by atoms with Crippen LogP contribution in [0.4, 0.5) is 4.39 Å². The largest absolute Gasteiger partial charge is 0.336 e. The minimum absolute atomic E-state index is 0.105. The number of aromatic nitrogens is 3. The van der Waals surface area contributed by atoms with Crippen molar-refractivity contribution in [2.75, 3.05) is 13.1 Å². The number of aryl methyl sites for hydroxylation is 2. The van der Waals surface area contributed by atoms with Crippen molar-refractivity contribution in [3.63, 3.8) is 0 Å². The molecule has 0 N–H and O–H groups in total. The molecule has 0 radical (unpaired) electrons. The third kappa shape index (κ3) is 3.22. The molecule has 0 aliphatic carbocycles. The Balaban J connectivity index is 1.80. The Morgan fingerprint density at radius 1 is 1.39 bits per heavy atom. The summed E-state index contributed by atoms with van der Waals surface area (Å²) in [6.45, 7) is 4.98. The fraction of sp³-hybridized carbons (Fsp3) is 0.438. The Hall–Kier alpha value is -1.95. The Labute approximate surface area is 139 Å². The Bertz CT molecular complexity index is 746. The number of carbonyl (C=O) groups is 1. The van der Waals surface area contributed by atoms with Gasteiger partial charge < -0.3 is 4.90 Å². The van der Waals surface area contributed by atoms with Crippen LogP contribution in [0.15, 0.2) is 18.2 Å². The molecule has 1 atom stereocenters. The van der Waals surface area contributed by atoms with Crippen LogP contribution in [0.1, 0.15) is 40.9 Å². The summed E-state index contributed by atoms with van der Waals surface area (Å²) in [6.07, 6.45) is 1.83. The first-order valence-electron chi connectivity index (χ1n) is 7.60. The van der Waals surface area contributed by atoms with Crippen molar-refractivity contribution < 1.29 is 9.18 Å². The second kappa shape index (κ2) is 6.28. The van der Waals surface area contributed by atoms with Crippen LogP contribution in [0, 0.1) is 19.7 Å². The molecule has 1 aromatic heterocycles. The highest BCUT2D eigenvalue weighted by Gasteiger charge is 2.28. The van der Waals surface area contributed by atoms with Crippen molar-refractivity contribution >= 4 is 17.5 Å². The Morgan fingerprint density at radius 2 is 2.17 bits per heavy atom. The molecule has 2 heterocycles. The quantitative estimate of drug-likeness (QED) is 0.846. The van der Waals surface area contributed by atoms with Gasteiger partial charge in [0.2, 0.25) is 0 Å². The molecule has 5 nitrogen and oxygen atoms in total. The van der Waals surface area contributed by atoms with Gasteiger partial charge in [-0.15, -0.1) is 0 Å². The predicted molar refractivity (Wildman–Crippen MR) is 85.1 cm³/mol. The van der Waals surface area contributed by atoms with E-state index in [9.17, 15) is 9.18 Å². The van der Waals surface area contributed by atoms with Crippen molar-refractivity contribution in [3.05, 3.63) is 46.3 Å². The normalized spacial score (nSPS) is 18.3. The van der Waals surface area contributed by atoms with E-state index in [1.54, 1.807) is 4.90 Å². The summed E-state index contributed by atoms with van der Waals surface area (Å²) in [5.74, 6) is 0.958. The van der Waals surface area contributed by atoms with Gasteiger partial charge in [-0.25, -0.2) is 14.1 Å². The molecule has 23 heavy (non-hydrogen) atoms. The van der Waals surface area contributed by atoms with Gasteiger partial charge in [0.25, 0.3) is 5.91 Å². The number of nitrogens with zero attached hydrogens (tertiary/aromatic N) is 4. The lowest BCUT2D eigenvalue weighted by atomic mass is 10.0. The van der Waals surface area contributed by atoms with E-state index in [4.69, 9.17) is 11.6 Å². The molecule has 0 saturated carbocycles. The summed E-state index contributed by atoms with van der Waals surface area (Å²) in [6, 6.07) is 3.97. The van der Waals surface area contributed by atoms with Gasteiger partial charge in [0.1, 0.15) is 17.5 Å². The molecule has 3 rings (SSSR count). The topological polar surface area (TPSA) is 51.0 Å². The summed E-state index contributed by atoms with van der Waals surface area (Å²) in [5, 5.41) is 4.56. The van der Waals surface area contributed by atoms with E-state index in [0.29, 0.717) is 18.7 Å². The molecule has 1 aliphatic heterocycles. The van der Waals surface area contributed by atoms with E-state index in [2.05, 4.69) is 10.1 Å². The second-order valence-electron chi connectivity index (χ2n) is 5.82. The zero-order valence-corrected chi connectivity index (χ0v) is 13.8. The van der Waals surface area contributed by atoms with Gasteiger partial charge in [-0.05, 0) is 44.9 Å². The van der Waals surface area contributed by atoms with Crippen molar-refractivity contribution in [2.24, 2.45) is 0 Å². The smallest absolute Gasteiger partial charge is 0.255 e. The maximum absolute atomic E-state index is 13.2. The Kier molecular flexibility index (Phi) is 4.35. The van der Waals surface area contributed by atoms with Gasteiger partial charge >= 0.3 is 0 Å². The van der Waals surface area contributed by atoms with Crippen LogP contribution in [-0.4, -0.2) is 38.7 Å². The van der Waals surface area contributed by atoms with Gasteiger partial charge in [-0.2, -0.15) is 5.10 Å². The van der Waals surface area contributed by atoms with E-state index in [0.717, 1.165) is 24.5 Å². The van der Waals surface area contributed by atoms with Crippen LogP contribution >= 0.6 is 11.6 Å². The van der Waals surface area contributed by atoms with Crippen LogP contribution in [0.3, 0.4) is 0 Å². The summed E-state index contributed by atoms with van der Waals surface area (Å²) in [5.41, 5.74) is 0.334. The average molecular weight is 337 g/mol. The molecular weight excluding hydrogens is 319 g/mol. The van der Waals surface area contributed by atoms with Crippen LogP contribution in [-0.2, 0) is 0 Å². The first-order chi connectivity index (χ1) is 11.0. The van der Waals surface area contributed by atoms with Gasteiger partial charge in [0, 0.05) is 13.1 Å². The third-order valence-corrected chi connectivity index (χ3v) is 4.41. The van der Waals surface area contributed by atoms with Crippen molar-refractivity contribution in [1.82, 2.24) is 19.7 Å². The molecule has 1 saturated heterocycles. The van der Waals surface area contributed by atoms with Gasteiger partial charge in [-0.1, -0.05) is 11.6 Å². The summed E-state index contributed by atoms with van der Waals surface area (Å²) in [7, 11) is 0. The van der Waals surface area contributed by atoms with Crippen molar-refractivity contribution in [1.29, 1.82) is 0 Å². The van der Waals surface area contributed by atoms with Crippen LogP contribution in [0.2, 0.25) is 5.02 Å². The molecule has 2 aromatic rings. The number of carbonyl (C=O) groups excluding carboxylic acids is 1. The molecule has 1 aliphatic rings. The van der Waals surface area contributed by atoms with E-state index >= 15 is 0 Å². The lowest BCUT2D eigenvalue weighted by Gasteiger charge is -2.33. The van der Waals surface area contributed by atoms with Gasteiger partial charge in [0.15, 0.2) is 0 Å². The molecule has 1 amide bonds. The summed E-state index contributed by atoms with van der Waals surface area (Å²) >= 11 is 6.01. The number of hydrogen-bond donors (Lipinski definition) is 0. The van der Waals surface area contributed by atoms with Crippen molar-refractivity contribution in [2.45, 2.75) is 32.7 Å². The van der Waals surface area contributed by atoms with Gasteiger partial charge in [0.05, 0.1) is 16.6 Å². The lowest BCUT2D eigenvalue weighted by molar-refractivity contribution is 0.0671. The summed E-state index contributed by atoms with van der Waals surface area (Å²) in [4.78, 5) is 18.8. The lowest BCUT2D eigenvalue weighted by Crippen LogP contribution is -2.41. The van der Waals surface area contributed by atoms with E-state index in [1.165, 1.54) is 18.2 Å². The van der Waals surface area contributed by atoms with E-state index in [-0.39, 0.29) is 17.0 Å². The van der Waals surface area contributed by atoms with Crippen LogP contribution in [0.5, 0.6) is 0 Å². The van der Waals surface area contributed by atoms with Crippen LogP contribution in [0.25, 0.3) is 0 Å². The highest BCUT2D eigenvalue weighted by molar-refractivity contribution is 6.33. The van der Waals surface area contributed by atoms with E-state index < -0.39 is 5.82 Å². The first-order valence-corrected chi connectivity index (χ1v) is 7.97. The molecule has 122 valence electrons. The fourth-order valence-corrected chi connectivity index (χ4v) is 3.30. The Morgan fingerprint density at radius 3 is 2.83 bits per heavy atom. The molecule has 1 fully saturated rings. The number of amides is 1. The summed E-state index contributed by atoms with van der Waals surface area (Å²) < 4.78 is 15.0. The standard InChI is InChI=1S/C16H18ClFN4O/c1-10-19-11(2)22(20-10)13-4-3-7-21(9-13)16(23)14-6-5-12(18)8-15(14)17/h5-6,8,13H,3-4,7,9H2,1-2H3/t13-/m1/s1. The molecular formula is C16H18ClFN4O. The highest BCUT2D eigenvalue weighted by Crippen LogP contribution is 2.25. The monoisotopic (exact) mass is 336 g/mol. The second-order valence-corrected chi connectivity index (χ2v) is 6.23. The third-order valence-electron chi connectivity index (χ3n) is 4.10. The number of benzene rings is 1. The SMILES string of the molecule is Cc1nc(C)n([C@@H]2CCCN(C(=O)c3ccc(F)cc3Cl)C2)n1. The molecule has 0 unspecified atom stereocenters. The molecule has 1 aromatic carbocycles. The maximum Gasteiger partial charge on any atom is 0.255 e. The number of halogens is 2. The zero-order chi connectivity index (χ0) is 16.6. The van der Waals surface area contributed by atoms with Crippen LogP contribution < -0.4 is 0 Å². The predicted octanol–water partition coefficient (Wildman–Crippen LogP) is 3.16. The first kappa shape index (κ1) is 15.9. The minimum Gasteiger partial charge on any atom is -0.336 e. The van der Waals surface area contributed by atoms with E-state index in [1.807, 2.05) is 18.5 Å². The maximum atomic E-state index is 13.2. The number of piperidine rings is 1. The minimum atomic E-state index is -0.447. The molecule has 7 heteroatoms. The highest BCUT2D eigenvalue weighted by atomic mass is 35.5. The number of likely N-dealkylation sites (tertiary alicyclic amines) is 1. The fourth-order valence-electron chi connectivity index (χ4n) is 3.05. The molecule has 0 spiro atoms. The van der Waals surface area contributed by atoms with Gasteiger partial charge in [-0.3, -0.25) is 4.79 Å². The van der Waals surface area contributed by atoms with Crippen molar-refractivity contribution in [3.8, 4) is 0 Å². The molecule has 0 bridgehead atoms.